The summed E-state index contributed by atoms with van der Waals surface area (Å²) in [6, 6.07) is 12.9. The van der Waals surface area contributed by atoms with E-state index in [1.807, 2.05) is 38.4 Å². The van der Waals surface area contributed by atoms with E-state index in [9.17, 15) is 14.0 Å². The van der Waals surface area contributed by atoms with Crippen LogP contribution in [-0.4, -0.2) is 42.1 Å². The molecule has 2 aromatic carbocycles. The quantitative estimate of drug-likeness (QED) is 0.575. The van der Waals surface area contributed by atoms with Crippen LogP contribution < -0.4 is 26.6 Å². The number of halogens is 1. The Hall–Kier alpha value is -3.45. The summed E-state index contributed by atoms with van der Waals surface area (Å²) >= 11 is 0. The molecular weight excluding hydrogens is 385 g/mol. The molecule has 2 N–H and O–H groups in total. The Morgan fingerprint density at radius 1 is 0.867 bits per heavy atom. The summed E-state index contributed by atoms with van der Waals surface area (Å²) in [6.45, 7) is 1.58. The van der Waals surface area contributed by atoms with Crippen LogP contribution in [0.1, 0.15) is 17.5 Å². The van der Waals surface area contributed by atoms with Crippen molar-refractivity contribution in [3.05, 3.63) is 96.9 Å². The monoisotopic (exact) mass is 409 g/mol. The number of nitrogens with zero attached hydrogens (tertiary/aromatic N) is 1. The van der Waals surface area contributed by atoms with Crippen LogP contribution in [0.3, 0.4) is 0 Å². The first kappa shape index (κ1) is 21.3. The van der Waals surface area contributed by atoms with Gasteiger partial charge in [-0.3, -0.25) is 9.59 Å². The number of rotatable bonds is 7. The summed E-state index contributed by atoms with van der Waals surface area (Å²) in [4.78, 5) is 32.0. The van der Waals surface area contributed by atoms with Crippen LogP contribution >= 0.6 is 0 Å². The van der Waals surface area contributed by atoms with Crippen molar-refractivity contribution >= 4 is 12.2 Å². The molecule has 1 aromatic heterocycles. The molecule has 0 unspecified atom stereocenters. The first-order chi connectivity index (χ1) is 14.4. The first-order valence-electron chi connectivity index (χ1n) is 9.60. The molecule has 0 bridgehead atoms. The van der Waals surface area contributed by atoms with Gasteiger partial charge in [0.2, 0.25) is 0 Å². The maximum Gasteiger partial charge on any atom is 0.272 e. The topological polar surface area (TPSA) is 78.2 Å². The van der Waals surface area contributed by atoms with Gasteiger partial charge in [-0.25, -0.2) is 4.39 Å². The molecule has 1 heterocycles. The van der Waals surface area contributed by atoms with E-state index in [0.717, 1.165) is 24.3 Å². The molecule has 30 heavy (non-hydrogen) atoms. The molecule has 0 aliphatic rings. The van der Waals surface area contributed by atoms with Crippen molar-refractivity contribution in [2.45, 2.75) is 6.42 Å². The van der Waals surface area contributed by atoms with Gasteiger partial charge in [0.25, 0.3) is 11.1 Å². The predicted molar refractivity (Wildman–Crippen MR) is 116 cm³/mol. The van der Waals surface area contributed by atoms with Gasteiger partial charge in [0.15, 0.2) is 0 Å². The van der Waals surface area contributed by atoms with Gasteiger partial charge in [-0.1, -0.05) is 24.3 Å². The maximum atomic E-state index is 13.0. The SMILES string of the molecule is CN(C)CCCOc1ccc(C=c2[nH]c(=O)c(=Cc3ccc(F)cc3)[nH]c2=O)cc1. The summed E-state index contributed by atoms with van der Waals surface area (Å²) in [5, 5.41) is 0.251. The minimum absolute atomic E-state index is 0.102. The Kier molecular flexibility index (Phi) is 6.98. The molecule has 0 radical (unpaired) electrons. The fourth-order valence-electron chi connectivity index (χ4n) is 2.82. The summed E-state index contributed by atoms with van der Waals surface area (Å²) in [5.74, 6) is 0.377. The number of aromatic nitrogens is 2. The van der Waals surface area contributed by atoms with Crippen molar-refractivity contribution in [3.8, 4) is 5.75 Å². The third kappa shape index (κ3) is 6.02. The number of ether oxygens (including phenoxy) is 1. The summed E-state index contributed by atoms with van der Waals surface area (Å²) in [7, 11) is 4.04. The Balaban J connectivity index is 1.79. The van der Waals surface area contributed by atoms with Gasteiger partial charge in [0.1, 0.15) is 22.3 Å². The van der Waals surface area contributed by atoms with Crippen molar-refractivity contribution in [1.82, 2.24) is 14.9 Å². The lowest BCUT2D eigenvalue weighted by molar-refractivity contribution is 0.281. The lowest BCUT2D eigenvalue weighted by Crippen LogP contribution is -2.46. The number of aromatic amines is 2. The van der Waals surface area contributed by atoms with Gasteiger partial charge in [0, 0.05) is 6.54 Å². The smallest absolute Gasteiger partial charge is 0.272 e. The third-order valence-electron chi connectivity index (χ3n) is 4.38. The first-order valence-corrected chi connectivity index (χ1v) is 9.60. The molecule has 3 aromatic rings. The van der Waals surface area contributed by atoms with E-state index in [-0.39, 0.29) is 16.5 Å². The van der Waals surface area contributed by atoms with E-state index in [0.29, 0.717) is 12.2 Å². The van der Waals surface area contributed by atoms with Crippen LogP contribution in [0, 0.1) is 5.82 Å². The summed E-state index contributed by atoms with van der Waals surface area (Å²) in [6.07, 6.45) is 4.02. The zero-order valence-corrected chi connectivity index (χ0v) is 16.9. The van der Waals surface area contributed by atoms with Crippen LogP contribution in [0.5, 0.6) is 5.75 Å². The second-order valence-corrected chi connectivity index (χ2v) is 7.15. The van der Waals surface area contributed by atoms with Crippen molar-refractivity contribution < 1.29 is 9.13 Å². The van der Waals surface area contributed by atoms with Gasteiger partial charge in [-0.05, 0) is 68.1 Å². The zero-order chi connectivity index (χ0) is 21.5. The molecule has 0 aliphatic carbocycles. The highest BCUT2D eigenvalue weighted by atomic mass is 19.1. The molecule has 3 rings (SSSR count). The molecule has 7 heteroatoms. The number of nitrogens with one attached hydrogen (secondary N) is 2. The number of hydrogen-bond donors (Lipinski definition) is 2. The minimum Gasteiger partial charge on any atom is -0.494 e. The Morgan fingerprint density at radius 2 is 1.37 bits per heavy atom. The van der Waals surface area contributed by atoms with E-state index < -0.39 is 11.1 Å². The van der Waals surface area contributed by atoms with E-state index in [1.54, 1.807) is 6.08 Å². The summed E-state index contributed by atoms with van der Waals surface area (Å²) < 4.78 is 18.7. The minimum atomic E-state index is -0.439. The largest absolute Gasteiger partial charge is 0.494 e. The number of hydrogen-bond acceptors (Lipinski definition) is 4. The Morgan fingerprint density at radius 3 is 1.87 bits per heavy atom. The lowest BCUT2D eigenvalue weighted by atomic mass is 10.2. The number of benzene rings is 2. The molecular formula is C23H24FN3O3. The van der Waals surface area contributed by atoms with E-state index >= 15 is 0 Å². The van der Waals surface area contributed by atoms with Crippen LogP contribution in [-0.2, 0) is 0 Å². The molecule has 0 fully saturated rings. The molecule has 0 amide bonds. The molecule has 6 nitrogen and oxygen atoms in total. The molecule has 0 saturated heterocycles. The second kappa shape index (κ2) is 9.84. The van der Waals surface area contributed by atoms with Gasteiger partial charge < -0.3 is 19.6 Å². The van der Waals surface area contributed by atoms with Crippen molar-refractivity contribution in [3.63, 3.8) is 0 Å². The fourth-order valence-corrected chi connectivity index (χ4v) is 2.82. The average Bonchev–Trinajstić information content (AvgIpc) is 2.72. The molecule has 0 saturated carbocycles. The van der Waals surface area contributed by atoms with E-state index in [1.165, 1.54) is 30.3 Å². The normalized spacial score (nSPS) is 12.5. The standard InChI is InChI=1S/C23H24FN3O3/c1-27(2)12-3-13-30-19-10-6-17(7-11-19)15-21-23(29)25-20(22(28)26-21)14-16-4-8-18(24)9-5-16/h4-11,14-15H,3,12-13H2,1-2H3,(H,25,29)(H,26,28). The molecule has 0 aliphatic heterocycles. The highest BCUT2D eigenvalue weighted by Crippen LogP contribution is 2.12. The predicted octanol–water partition coefficient (Wildman–Crippen LogP) is 1.19. The van der Waals surface area contributed by atoms with Crippen LogP contribution in [0.25, 0.3) is 12.2 Å². The highest BCUT2D eigenvalue weighted by Gasteiger charge is 1.99. The van der Waals surface area contributed by atoms with Gasteiger partial charge in [-0.2, -0.15) is 0 Å². The van der Waals surface area contributed by atoms with Crippen LogP contribution in [0.4, 0.5) is 4.39 Å². The van der Waals surface area contributed by atoms with E-state index in [4.69, 9.17) is 4.74 Å². The zero-order valence-electron chi connectivity index (χ0n) is 16.9. The highest BCUT2D eigenvalue weighted by molar-refractivity contribution is 5.50. The molecule has 0 spiro atoms. The number of H-pyrrole nitrogens is 2. The van der Waals surface area contributed by atoms with Crippen LogP contribution in [0.2, 0.25) is 0 Å². The van der Waals surface area contributed by atoms with Gasteiger partial charge in [-0.15, -0.1) is 0 Å². The van der Waals surface area contributed by atoms with Gasteiger partial charge in [0.05, 0.1) is 6.61 Å². The van der Waals surface area contributed by atoms with Crippen LogP contribution in [0.15, 0.2) is 58.1 Å². The summed E-state index contributed by atoms with van der Waals surface area (Å²) in [5.41, 5.74) is 0.500. The maximum absolute atomic E-state index is 13.0. The fraction of sp³-hybridized carbons (Fsp3) is 0.217. The van der Waals surface area contributed by atoms with Crippen molar-refractivity contribution in [2.24, 2.45) is 0 Å². The van der Waals surface area contributed by atoms with Gasteiger partial charge >= 0.3 is 0 Å². The van der Waals surface area contributed by atoms with Crippen molar-refractivity contribution in [2.75, 3.05) is 27.2 Å². The second-order valence-electron chi connectivity index (χ2n) is 7.15. The van der Waals surface area contributed by atoms with E-state index in [2.05, 4.69) is 14.9 Å². The molecule has 0 atom stereocenters. The Bertz CT molecular complexity index is 1210. The third-order valence-corrected chi connectivity index (χ3v) is 4.38. The van der Waals surface area contributed by atoms with Crippen molar-refractivity contribution in [1.29, 1.82) is 0 Å². The lowest BCUT2D eigenvalue weighted by Gasteiger charge is -2.10. The molecule has 156 valence electrons. The Labute approximate surface area is 173 Å². The average molecular weight is 409 g/mol.